The summed E-state index contributed by atoms with van der Waals surface area (Å²) in [7, 11) is 0. The molecule has 1 aliphatic carbocycles. The van der Waals surface area contributed by atoms with E-state index in [1.807, 2.05) is 11.1 Å². The van der Waals surface area contributed by atoms with Gasteiger partial charge in [-0.3, -0.25) is 14.7 Å². The van der Waals surface area contributed by atoms with Crippen LogP contribution in [-0.2, 0) is 17.6 Å². The molecule has 0 spiro atoms. The van der Waals surface area contributed by atoms with Crippen molar-refractivity contribution in [3.63, 3.8) is 0 Å². The maximum absolute atomic E-state index is 16.1. The lowest BCUT2D eigenvalue weighted by atomic mass is 9.87. The summed E-state index contributed by atoms with van der Waals surface area (Å²) < 4.78 is 36.9. The molecule has 11 heteroatoms. The Balaban J connectivity index is 1.30. The van der Waals surface area contributed by atoms with Gasteiger partial charge in [-0.05, 0) is 74.4 Å². The van der Waals surface area contributed by atoms with E-state index in [9.17, 15) is 14.4 Å². The zero-order valence-corrected chi connectivity index (χ0v) is 25.4. The lowest BCUT2D eigenvalue weighted by molar-refractivity contribution is -0.128. The number of benzene rings is 1. The number of aromatic nitrogens is 3. The third kappa shape index (κ3) is 5.39. The number of amides is 1. The fourth-order valence-corrected chi connectivity index (χ4v) is 7.90. The molecule has 1 aromatic carbocycles. The number of anilines is 1. The lowest BCUT2D eigenvalue weighted by Crippen LogP contribution is -2.55. The van der Waals surface area contributed by atoms with Crippen molar-refractivity contribution in [2.24, 2.45) is 0 Å². The smallest absolute Gasteiger partial charge is 0.319 e. The van der Waals surface area contributed by atoms with E-state index in [4.69, 9.17) is 14.7 Å². The monoisotopic (exact) mass is 613 g/mol. The van der Waals surface area contributed by atoms with Crippen molar-refractivity contribution >= 4 is 22.6 Å². The van der Waals surface area contributed by atoms with Crippen molar-refractivity contribution in [2.45, 2.75) is 69.1 Å². The highest BCUT2D eigenvalue weighted by molar-refractivity contribution is 5.94. The molecule has 5 heterocycles. The van der Waals surface area contributed by atoms with Gasteiger partial charge in [0.05, 0.1) is 29.6 Å². The first-order valence-corrected chi connectivity index (χ1v) is 15.9. The molecular weight excluding hydrogens is 576 g/mol. The number of ether oxygens (including phenoxy) is 1. The Morgan fingerprint density at radius 1 is 1.13 bits per heavy atom. The number of rotatable bonds is 7. The molecule has 2 aromatic heterocycles. The van der Waals surface area contributed by atoms with Crippen molar-refractivity contribution in [1.82, 2.24) is 24.8 Å². The zero-order valence-electron chi connectivity index (χ0n) is 25.4. The number of piperazine rings is 1. The van der Waals surface area contributed by atoms with E-state index < -0.39 is 12.0 Å². The number of pyridine rings is 1. The predicted molar refractivity (Wildman–Crippen MR) is 166 cm³/mol. The quantitative estimate of drug-likeness (QED) is 0.351. The number of fused-ring (bicyclic) bond motifs is 3. The highest BCUT2D eigenvalue weighted by Crippen LogP contribution is 2.41. The third-order valence-corrected chi connectivity index (χ3v) is 10.1. The molecule has 0 radical (unpaired) electrons. The van der Waals surface area contributed by atoms with Crippen LogP contribution in [0.15, 0.2) is 37.2 Å². The second-order valence-corrected chi connectivity index (χ2v) is 12.8. The number of alkyl halides is 1. The van der Waals surface area contributed by atoms with Crippen LogP contribution in [0.3, 0.4) is 0 Å². The molecule has 0 unspecified atom stereocenters. The van der Waals surface area contributed by atoms with Crippen LogP contribution in [0, 0.1) is 17.1 Å². The lowest BCUT2D eigenvalue weighted by Gasteiger charge is -2.41. The van der Waals surface area contributed by atoms with E-state index >= 15 is 4.39 Å². The van der Waals surface area contributed by atoms with Crippen LogP contribution >= 0.6 is 0 Å². The number of carbonyl (C=O) groups is 1. The van der Waals surface area contributed by atoms with Gasteiger partial charge in [-0.15, -0.1) is 0 Å². The minimum Gasteiger partial charge on any atom is -0.461 e. The van der Waals surface area contributed by atoms with Crippen LogP contribution in [0.1, 0.15) is 49.7 Å². The molecule has 4 aliphatic rings. The summed E-state index contributed by atoms with van der Waals surface area (Å²) in [6, 6.07) is 5.18. The summed E-state index contributed by atoms with van der Waals surface area (Å²) in [6.07, 6.45) is 10.3. The van der Waals surface area contributed by atoms with Crippen molar-refractivity contribution in [2.75, 3.05) is 44.2 Å². The molecule has 45 heavy (non-hydrogen) atoms. The highest BCUT2D eigenvalue weighted by Gasteiger charge is 2.49. The molecule has 0 bridgehead atoms. The average molecular weight is 614 g/mol. The van der Waals surface area contributed by atoms with E-state index in [1.165, 1.54) is 12.1 Å². The number of nitrogens with zero attached hydrogens (tertiary/aromatic N) is 7. The topological polar surface area (TPSA) is 98.5 Å². The first-order valence-electron chi connectivity index (χ1n) is 15.9. The van der Waals surface area contributed by atoms with Gasteiger partial charge in [-0.25, -0.2) is 8.78 Å². The van der Waals surface area contributed by atoms with Gasteiger partial charge in [-0.1, -0.05) is 6.58 Å². The first kappa shape index (κ1) is 29.5. The van der Waals surface area contributed by atoms with Crippen molar-refractivity contribution in [1.29, 1.82) is 5.26 Å². The number of halogens is 2. The molecule has 3 aromatic rings. The summed E-state index contributed by atoms with van der Waals surface area (Å²) in [5, 5.41) is 10.0. The number of hydrogen-bond donors (Lipinski definition) is 0. The van der Waals surface area contributed by atoms with Crippen LogP contribution in [0.4, 0.5) is 14.6 Å². The fraction of sp³-hybridized carbons (Fsp3) is 0.500. The van der Waals surface area contributed by atoms with Gasteiger partial charge < -0.3 is 14.5 Å². The molecule has 3 fully saturated rings. The standard InChI is InChI=1S/C34H37F2N7O2/c1-2-31(44)43-13-12-41(20-24(43)8-10-37)32-27-14-29(36)26(28-18-38-17-22-6-3-4-7-25(22)28)15-30(27)39-33(40-32)45-21-34-9-5-11-42(34)19-23(35)16-34/h2,14-15,17-18,23-24H,1,3-9,11-13,16,19-21H2/t23-,24+,34+/m1/s1. The fourth-order valence-electron chi connectivity index (χ4n) is 7.90. The number of carbonyl (C=O) groups excluding carboxylic acids is 1. The molecule has 3 atom stereocenters. The minimum absolute atomic E-state index is 0.135. The van der Waals surface area contributed by atoms with E-state index in [-0.39, 0.29) is 36.5 Å². The second kappa shape index (κ2) is 12.0. The van der Waals surface area contributed by atoms with Gasteiger partial charge in [0, 0.05) is 61.5 Å². The maximum atomic E-state index is 16.1. The van der Waals surface area contributed by atoms with E-state index in [2.05, 4.69) is 22.5 Å². The second-order valence-electron chi connectivity index (χ2n) is 12.8. The Labute approximate surface area is 261 Å². The summed E-state index contributed by atoms with van der Waals surface area (Å²) in [5.74, 6) is -0.140. The average Bonchev–Trinajstić information content (AvgIpc) is 3.58. The van der Waals surface area contributed by atoms with Crippen molar-refractivity contribution < 1.29 is 18.3 Å². The van der Waals surface area contributed by atoms with E-state index in [0.29, 0.717) is 54.9 Å². The van der Waals surface area contributed by atoms with Crippen LogP contribution in [0.25, 0.3) is 22.0 Å². The first-order chi connectivity index (χ1) is 21.9. The molecule has 9 nitrogen and oxygen atoms in total. The molecule has 7 rings (SSSR count). The van der Waals surface area contributed by atoms with Gasteiger partial charge in [0.25, 0.3) is 0 Å². The minimum atomic E-state index is -0.885. The van der Waals surface area contributed by atoms with Crippen molar-refractivity contribution in [3.05, 3.63) is 54.1 Å². The van der Waals surface area contributed by atoms with Crippen LogP contribution in [0.5, 0.6) is 6.01 Å². The number of aryl methyl sites for hydroxylation is 1. The van der Waals surface area contributed by atoms with Gasteiger partial charge in [0.1, 0.15) is 24.4 Å². The molecule has 0 N–H and O–H groups in total. The molecular formula is C34H37F2N7O2. The number of nitriles is 1. The Hall–Kier alpha value is -4.17. The van der Waals surface area contributed by atoms with E-state index in [1.54, 1.807) is 17.2 Å². The van der Waals surface area contributed by atoms with Gasteiger partial charge >= 0.3 is 6.01 Å². The third-order valence-electron chi connectivity index (χ3n) is 10.1. The summed E-state index contributed by atoms with van der Waals surface area (Å²) >= 11 is 0. The Bertz CT molecular complexity index is 1690. The SMILES string of the molecule is C=CC(=O)N1CCN(c2nc(OC[C@@]34CCCN3C[C@H](F)C4)nc3cc(-c4cncc5c4CCCC5)c(F)cc23)C[C@@H]1CC#N. The summed E-state index contributed by atoms with van der Waals surface area (Å²) in [5.41, 5.74) is 3.64. The Morgan fingerprint density at radius 3 is 2.84 bits per heavy atom. The molecule has 234 valence electrons. The van der Waals surface area contributed by atoms with Crippen LogP contribution in [-0.4, -0.2) is 87.7 Å². The maximum Gasteiger partial charge on any atom is 0.319 e. The highest BCUT2D eigenvalue weighted by atomic mass is 19.1. The van der Waals surface area contributed by atoms with Gasteiger partial charge in [0.15, 0.2) is 0 Å². The molecule has 3 saturated heterocycles. The van der Waals surface area contributed by atoms with Gasteiger partial charge in [-0.2, -0.15) is 15.2 Å². The van der Waals surface area contributed by atoms with Crippen LogP contribution < -0.4 is 9.64 Å². The van der Waals surface area contributed by atoms with Crippen molar-refractivity contribution in [3.8, 4) is 23.2 Å². The van der Waals surface area contributed by atoms with Gasteiger partial charge in [0.2, 0.25) is 5.91 Å². The van der Waals surface area contributed by atoms with Crippen LogP contribution in [0.2, 0.25) is 0 Å². The zero-order chi connectivity index (χ0) is 31.1. The number of hydrogen-bond acceptors (Lipinski definition) is 8. The van der Waals surface area contributed by atoms with E-state index in [0.717, 1.165) is 61.8 Å². The molecule has 1 amide bonds. The normalized spacial score (nSPS) is 24.7. The predicted octanol–water partition coefficient (Wildman–Crippen LogP) is 4.78. The summed E-state index contributed by atoms with van der Waals surface area (Å²) in [4.78, 5) is 32.4. The Kier molecular flexibility index (Phi) is 7.86. The molecule has 3 aliphatic heterocycles. The Morgan fingerprint density at radius 2 is 2.00 bits per heavy atom. The molecule has 0 saturated carbocycles. The largest absolute Gasteiger partial charge is 0.461 e. The summed E-state index contributed by atoms with van der Waals surface area (Å²) in [6.45, 7) is 6.26.